The summed E-state index contributed by atoms with van der Waals surface area (Å²) in [5.41, 5.74) is 10.4. The quantitative estimate of drug-likeness (QED) is 0.751. The van der Waals surface area contributed by atoms with Crippen LogP contribution >= 0.6 is 0 Å². The van der Waals surface area contributed by atoms with Crippen molar-refractivity contribution in [1.82, 2.24) is 19.9 Å². The van der Waals surface area contributed by atoms with Crippen LogP contribution in [0.2, 0.25) is 0 Å². The number of ether oxygens (including phenoxy) is 2. The van der Waals surface area contributed by atoms with E-state index in [4.69, 9.17) is 20.2 Å². The fourth-order valence-corrected chi connectivity index (χ4v) is 2.93. The molecule has 0 spiro atoms. The lowest BCUT2D eigenvalue weighted by Crippen LogP contribution is -2.06. The summed E-state index contributed by atoms with van der Waals surface area (Å²) in [4.78, 5) is 16.6. The van der Waals surface area contributed by atoms with Crippen molar-refractivity contribution in [2.24, 2.45) is 0 Å². The first-order valence-corrected chi connectivity index (χ1v) is 8.33. The van der Waals surface area contributed by atoms with Crippen molar-refractivity contribution in [3.05, 3.63) is 48.7 Å². The number of pyridine rings is 2. The third-order valence-corrected chi connectivity index (χ3v) is 4.26. The fourth-order valence-electron chi connectivity index (χ4n) is 2.93. The van der Waals surface area contributed by atoms with Crippen LogP contribution < -0.4 is 10.5 Å². The van der Waals surface area contributed by atoms with Crippen LogP contribution in [0.5, 0.6) is 5.75 Å². The average Bonchev–Trinajstić information content (AvgIpc) is 3.15. The lowest BCUT2D eigenvalue weighted by Gasteiger charge is -2.11. The molecule has 0 amide bonds. The number of nitrogen functional groups attached to an aromatic ring is 1. The molecule has 0 saturated heterocycles. The van der Waals surface area contributed by atoms with Gasteiger partial charge >= 0.3 is 0 Å². The maximum Gasteiger partial charge on any atom is 0.166 e. The molecule has 3 aromatic rings. The van der Waals surface area contributed by atoms with E-state index in [1.54, 1.807) is 25.7 Å². The lowest BCUT2D eigenvalue weighted by molar-refractivity contribution is 0.164. The van der Waals surface area contributed by atoms with Crippen LogP contribution in [-0.2, 0) is 4.74 Å². The monoisotopic (exact) mass is 349 g/mol. The van der Waals surface area contributed by atoms with Gasteiger partial charge in [0.05, 0.1) is 31.7 Å². The van der Waals surface area contributed by atoms with Crippen molar-refractivity contribution >= 4 is 11.4 Å². The van der Waals surface area contributed by atoms with Gasteiger partial charge in [0.15, 0.2) is 11.6 Å². The average molecular weight is 349 g/mol. The van der Waals surface area contributed by atoms with E-state index in [1.807, 2.05) is 18.2 Å². The number of anilines is 1. The summed E-state index contributed by atoms with van der Waals surface area (Å²) in [7, 11) is 1.57. The van der Waals surface area contributed by atoms with Gasteiger partial charge in [-0.1, -0.05) is 6.08 Å². The van der Waals surface area contributed by atoms with Gasteiger partial charge < -0.3 is 20.2 Å². The molecular formula is C19H19N5O2. The molecule has 4 rings (SSSR count). The minimum atomic E-state index is 0.348. The Morgan fingerprint density at radius 2 is 2.08 bits per heavy atom. The number of hydrogen-bond acceptors (Lipinski definition) is 6. The Morgan fingerprint density at radius 1 is 1.23 bits per heavy atom. The van der Waals surface area contributed by atoms with Crippen molar-refractivity contribution in [2.75, 3.05) is 26.1 Å². The summed E-state index contributed by atoms with van der Waals surface area (Å²) in [5.74, 6) is 1.66. The Labute approximate surface area is 150 Å². The van der Waals surface area contributed by atoms with Crippen LogP contribution in [0.4, 0.5) is 5.82 Å². The van der Waals surface area contributed by atoms with E-state index >= 15 is 0 Å². The van der Waals surface area contributed by atoms with Crippen LogP contribution in [-0.4, -0.2) is 40.3 Å². The smallest absolute Gasteiger partial charge is 0.166 e. The molecule has 4 heterocycles. The standard InChI is InChI=1S/C19H19N5O2/c1-25-15-9-14(10-22-18(15)20)17-16(12-4-6-21-7-5-12)23-19(24-17)13-3-2-8-26-11-13/h3-7,9-10H,2,8,11H2,1H3,(H2,20,22)(H,23,24). The molecule has 0 aliphatic carbocycles. The van der Waals surface area contributed by atoms with Gasteiger partial charge in [-0.2, -0.15) is 0 Å². The van der Waals surface area contributed by atoms with Crippen molar-refractivity contribution in [1.29, 1.82) is 0 Å². The topological polar surface area (TPSA) is 98.9 Å². The zero-order chi connectivity index (χ0) is 17.9. The Kier molecular flexibility index (Phi) is 4.37. The number of nitrogens with two attached hydrogens (primary N) is 1. The third kappa shape index (κ3) is 3.04. The van der Waals surface area contributed by atoms with Crippen molar-refractivity contribution in [2.45, 2.75) is 6.42 Å². The molecule has 0 aromatic carbocycles. The molecule has 1 aliphatic heterocycles. The molecule has 3 aromatic heterocycles. The number of aromatic nitrogens is 4. The number of H-pyrrole nitrogens is 1. The predicted octanol–water partition coefficient (Wildman–Crippen LogP) is 2.93. The van der Waals surface area contributed by atoms with E-state index in [0.29, 0.717) is 18.2 Å². The molecule has 26 heavy (non-hydrogen) atoms. The number of methoxy groups -OCH3 is 1. The number of nitrogens with zero attached hydrogens (tertiary/aromatic N) is 3. The molecule has 7 heteroatoms. The molecule has 0 fully saturated rings. The predicted molar refractivity (Wildman–Crippen MR) is 99.4 cm³/mol. The van der Waals surface area contributed by atoms with E-state index in [1.165, 1.54) is 0 Å². The molecule has 1 aliphatic rings. The molecule has 132 valence electrons. The largest absolute Gasteiger partial charge is 0.493 e. The first-order valence-electron chi connectivity index (χ1n) is 8.33. The number of aromatic amines is 1. The van der Waals surface area contributed by atoms with Gasteiger partial charge in [-0.25, -0.2) is 9.97 Å². The van der Waals surface area contributed by atoms with E-state index in [0.717, 1.165) is 46.9 Å². The lowest BCUT2D eigenvalue weighted by atomic mass is 10.1. The van der Waals surface area contributed by atoms with E-state index in [2.05, 4.69) is 21.0 Å². The zero-order valence-electron chi connectivity index (χ0n) is 14.4. The molecule has 0 radical (unpaired) electrons. The fraction of sp³-hybridized carbons (Fsp3) is 0.211. The zero-order valence-corrected chi connectivity index (χ0v) is 14.4. The summed E-state index contributed by atoms with van der Waals surface area (Å²) >= 11 is 0. The van der Waals surface area contributed by atoms with Crippen LogP contribution in [0, 0.1) is 0 Å². The summed E-state index contributed by atoms with van der Waals surface area (Å²) in [6.45, 7) is 1.29. The van der Waals surface area contributed by atoms with Crippen molar-refractivity contribution in [3.63, 3.8) is 0 Å². The second-order valence-corrected chi connectivity index (χ2v) is 5.93. The summed E-state index contributed by atoms with van der Waals surface area (Å²) in [5, 5.41) is 0. The summed E-state index contributed by atoms with van der Waals surface area (Å²) in [6, 6.07) is 5.72. The molecule has 0 unspecified atom stereocenters. The summed E-state index contributed by atoms with van der Waals surface area (Å²) < 4.78 is 10.9. The Hall–Kier alpha value is -3.19. The highest BCUT2D eigenvalue weighted by Gasteiger charge is 2.19. The minimum absolute atomic E-state index is 0.348. The summed E-state index contributed by atoms with van der Waals surface area (Å²) in [6.07, 6.45) is 8.25. The van der Waals surface area contributed by atoms with E-state index < -0.39 is 0 Å². The van der Waals surface area contributed by atoms with Gasteiger partial charge in [-0.15, -0.1) is 0 Å². The number of nitrogens with one attached hydrogen (secondary N) is 1. The highest BCUT2D eigenvalue weighted by Crippen LogP contribution is 2.34. The molecular weight excluding hydrogens is 330 g/mol. The SMILES string of the molecule is COc1cc(-c2nc(C3=CCCOC3)[nH]c2-c2ccncc2)cnc1N. The molecule has 3 N–H and O–H groups in total. The van der Waals surface area contributed by atoms with Gasteiger partial charge in [-0.3, -0.25) is 4.98 Å². The van der Waals surface area contributed by atoms with Gasteiger partial charge in [-0.05, 0) is 24.6 Å². The maximum atomic E-state index is 5.85. The second-order valence-electron chi connectivity index (χ2n) is 5.93. The van der Waals surface area contributed by atoms with E-state index in [9.17, 15) is 0 Å². The van der Waals surface area contributed by atoms with Gasteiger partial charge in [0.2, 0.25) is 0 Å². The maximum absolute atomic E-state index is 5.85. The molecule has 0 saturated carbocycles. The van der Waals surface area contributed by atoms with Crippen molar-refractivity contribution in [3.8, 4) is 28.3 Å². The van der Waals surface area contributed by atoms with Crippen molar-refractivity contribution < 1.29 is 9.47 Å². The van der Waals surface area contributed by atoms with Crippen LogP contribution in [0.15, 0.2) is 42.9 Å². The third-order valence-electron chi connectivity index (χ3n) is 4.26. The van der Waals surface area contributed by atoms with Gasteiger partial charge in [0.1, 0.15) is 5.82 Å². The first-order chi connectivity index (χ1) is 12.8. The molecule has 7 nitrogen and oxygen atoms in total. The normalized spacial score (nSPS) is 14.1. The van der Waals surface area contributed by atoms with Crippen LogP contribution in [0.25, 0.3) is 28.1 Å². The highest BCUT2D eigenvalue weighted by atomic mass is 16.5. The van der Waals surface area contributed by atoms with Gasteiger partial charge in [0.25, 0.3) is 0 Å². The number of imidazole rings is 1. The first kappa shape index (κ1) is 16.3. The highest BCUT2D eigenvalue weighted by molar-refractivity contribution is 5.81. The molecule has 0 bridgehead atoms. The Balaban J connectivity index is 1.87. The minimum Gasteiger partial charge on any atom is -0.493 e. The number of rotatable bonds is 4. The van der Waals surface area contributed by atoms with Crippen LogP contribution in [0.1, 0.15) is 12.2 Å². The Bertz CT molecular complexity index is 950. The van der Waals surface area contributed by atoms with Crippen LogP contribution in [0.3, 0.4) is 0 Å². The molecule has 0 atom stereocenters. The van der Waals surface area contributed by atoms with E-state index in [-0.39, 0.29) is 0 Å². The van der Waals surface area contributed by atoms with Gasteiger partial charge in [0, 0.05) is 35.3 Å². The number of hydrogen-bond donors (Lipinski definition) is 2. The second kappa shape index (κ2) is 6.97. The Morgan fingerprint density at radius 3 is 2.81 bits per heavy atom.